The van der Waals surface area contributed by atoms with E-state index in [1.807, 2.05) is 47.2 Å². The predicted molar refractivity (Wildman–Crippen MR) is 113 cm³/mol. The number of carbonyl (C=O) groups is 2. The van der Waals surface area contributed by atoms with Crippen molar-refractivity contribution in [3.05, 3.63) is 102 Å². The minimum atomic E-state index is -0.442. The van der Waals surface area contributed by atoms with Crippen molar-refractivity contribution in [1.29, 1.82) is 0 Å². The second-order valence-electron chi connectivity index (χ2n) is 6.78. The van der Waals surface area contributed by atoms with E-state index in [0.29, 0.717) is 29.2 Å². The van der Waals surface area contributed by atoms with E-state index in [1.165, 1.54) is 6.20 Å². The lowest BCUT2D eigenvalue weighted by atomic mass is 10.2. The Balaban J connectivity index is 1.40. The summed E-state index contributed by atoms with van der Waals surface area (Å²) in [6.07, 6.45) is 4.98. The van der Waals surface area contributed by atoms with E-state index < -0.39 is 5.97 Å². The highest BCUT2D eigenvalue weighted by molar-refractivity contribution is 6.04. The Morgan fingerprint density at radius 2 is 1.77 bits per heavy atom. The van der Waals surface area contributed by atoms with Gasteiger partial charge in [0, 0.05) is 31.7 Å². The van der Waals surface area contributed by atoms with Crippen LogP contribution in [0.2, 0.25) is 0 Å². The van der Waals surface area contributed by atoms with Gasteiger partial charge in [-0.25, -0.2) is 4.79 Å². The second kappa shape index (κ2) is 8.48. The number of aromatic nitrogens is 3. The number of rotatable bonds is 6. The van der Waals surface area contributed by atoms with Crippen molar-refractivity contribution < 1.29 is 14.3 Å². The Hall–Kier alpha value is -4.13. The third-order valence-corrected chi connectivity index (χ3v) is 4.52. The number of nitrogens with zero attached hydrogens (tertiary/aromatic N) is 3. The van der Waals surface area contributed by atoms with E-state index in [4.69, 9.17) is 4.74 Å². The number of aryl methyl sites for hydroxylation is 1. The monoisotopic (exact) mass is 400 g/mol. The fraction of sp³-hybridized carbons (Fsp3) is 0.0870. The minimum Gasteiger partial charge on any atom is -0.422 e. The van der Waals surface area contributed by atoms with Crippen LogP contribution in [0.4, 0.5) is 5.69 Å². The van der Waals surface area contributed by atoms with Gasteiger partial charge in [-0.2, -0.15) is 5.10 Å². The smallest absolute Gasteiger partial charge is 0.360 e. The van der Waals surface area contributed by atoms with Crippen LogP contribution in [0.5, 0.6) is 5.75 Å². The molecule has 0 fully saturated rings. The largest absolute Gasteiger partial charge is 0.422 e. The van der Waals surface area contributed by atoms with Gasteiger partial charge in [-0.1, -0.05) is 30.3 Å². The minimum absolute atomic E-state index is 0.258. The van der Waals surface area contributed by atoms with E-state index in [-0.39, 0.29) is 5.91 Å². The van der Waals surface area contributed by atoms with Gasteiger partial charge in [0.2, 0.25) is 0 Å². The van der Waals surface area contributed by atoms with Crippen LogP contribution >= 0.6 is 0 Å². The standard InChI is InChI=1S/C23H20N4O3/c1-26-16-18(14-24-26)22(28)25-19-9-11-20(12-10-19)30-23(29)21-8-5-13-27(21)15-17-6-3-2-4-7-17/h2-14,16H,15H2,1H3,(H,25,28). The second-order valence-corrected chi connectivity index (χ2v) is 6.78. The molecular weight excluding hydrogens is 380 g/mol. The zero-order chi connectivity index (χ0) is 20.9. The summed E-state index contributed by atoms with van der Waals surface area (Å²) in [5, 5.41) is 6.76. The molecule has 7 nitrogen and oxygen atoms in total. The molecule has 0 bridgehead atoms. The number of esters is 1. The van der Waals surface area contributed by atoms with Gasteiger partial charge in [0.05, 0.1) is 11.8 Å². The van der Waals surface area contributed by atoms with E-state index in [2.05, 4.69) is 10.4 Å². The lowest BCUT2D eigenvalue weighted by Crippen LogP contribution is -2.15. The molecule has 0 spiro atoms. The van der Waals surface area contributed by atoms with Crippen molar-refractivity contribution in [2.24, 2.45) is 7.05 Å². The SMILES string of the molecule is Cn1cc(C(=O)Nc2ccc(OC(=O)c3cccn3Cc3ccccc3)cc2)cn1. The Bertz CT molecular complexity index is 1160. The first kappa shape index (κ1) is 19.2. The highest BCUT2D eigenvalue weighted by Crippen LogP contribution is 2.18. The molecule has 0 aliphatic rings. The summed E-state index contributed by atoms with van der Waals surface area (Å²) in [6, 6.07) is 20.1. The summed E-state index contributed by atoms with van der Waals surface area (Å²) in [5.41, 5.74) is 2.62. The van der Waals surface area contributed by atoms with Gasteiger partial charge in [0.1, 0.15) is 11.4 Å². The molecule has 0 aliphatic carbocycles. The summed E-state index contributed by atoms with van der Waals surface area (Å²) in [7, 11) is 1.75. The molecule has 0 aliphatic heterocycles. The highest BCUT2D eigenvalue weighted by atomic mass is 16.5. The predicted octanol–water partition coefficient (Wildman–Crippen LogP) is 3.74. The topological polar surface area (TPSA) is 78.2 Å². The van der Waals surface area contributed by atoms with Crippen molar-refractivity contribution in [3.8, 4) is 5.75 Å². The molecule has 1 amide bonds. The summed E-state index contributed by atoms with van der Waals surface area (Å²) in [6.45, 7) is 0.581. The fourth-order valence-corrected chi connectivity index (χ4v) is 3.02. The van der Waals surface area contributed by atoms with Crippen LogP contribution in [-0.2, 0) is 13.6 Å². The first-order valence-electron chi connectivity index (χ1n) is 9.40. The quantitative estimate of drug-likeness (QED) is 0.395. The third-order valence-electron chi connectivity index (χ3n) is 4.52. The van der Waals surface area contributed by atoms with Crippen molar-refractivity contribution in [3.63, 3.8) is 0 Å². The molecule has 30 heavy (non-hydrogen) atoms. The Morgan fingerprint density at radius 3 is 2.47 bits per heavy atom. The molecule has 0 unspecified atom stereocenters. The fourth-order valence-electron chi connectivity index (χ4n) is 3.02. The number of benzene rings is 2. The number of anilines is 1. The molecule has 4 rings (SSSR count). The molecule has 0 saturated heterocycles. The number of nitrogens with one attached hydrogen (secondary N) is 1. The molecule has 2 aromatic carbocycles. The van der Waals surface area contributed by atoms with E-state index >= 15 is 0 Å². The lowest BCUT2D eigenvalue weighted by molar-refractivity contribution is 0.0723. The van der Waals surface area contributed by atoms with Gasteiger partial charge >= 0.3 is 5.97 Å². The summed E-state index contributed by atoms with van der Waals surface area (Å²) < 4.78 is 8.91. The van der Waals surface area contributed by atoms with Crippen molar-refractivity contribution in [2.45, 2.75) is 6.54 Å². The number of amides is 1. The van der Waals surface area contributed by atoms with Gasteiger partial charge in [0.25, 0.3) is 5.91 Å². The molecule has 4 aromatic rings. The summed E-state index contributed by atoms with van der Waals surface area (Å²) >= 11 is 0. The van der Waals surface area contributed by atoms with Crippen molar-refractivity contribution in [2.75, 3.05) is 5.32 Å². The molecule has 2 aromatic heterocycles. The lowest BCUT2D eigenvalue weighted by Gasteiger charge is -2.10. The average molecular weight is 400 g/mol. The van der Waals surface area contributed by atoms with E-state index in [9.17, 15) is 9.59 Å². The van der Waals surface area contributed by atoms with Crippen LogP contribution in [-0.4, -0.2) is 26.2 Å². The Labute approximate surface area is 173 Å². The van der Waals surface area contributed by atoms with Crippen LogP contribution in [0, 0.1) is 0 Å². The number of ether oxygens (including phenoxy) is 1. The van der Waals surface area contributed by atoms with Crippen LogP contribution in [0.25, 0.3) is 0 Å². The van der Waals surface area contributed by atoms with Gasteiger partial charge in [-0.15, -0.1) is 0 Å². The zero-order valence-electron chi connectivity index (χ0n) is 16.4. The maximum absolute atomic E-state index is 12.6. The molecule has 0 atom stereocenters. The maximum atomic E-state index is 12.6. The zero-order valence-corrected chi connectivity index (χ0v) is 16.4. The van der Waals surface area contributed by atoms with Crippen LogP contribution < -0.4 is 10.1 Å². The number of hydrogen-bond donors (Lipinski definition) is 1. The molecule has 1 N–H and O–H groups in total. The normalized spacial score (nSPS) is 10.6. The Kier molecular flexibility index (Phi) is 5.43. The third kappa shape index (κ3) is 4.47. The van der Waals surface area contributed by atoms with Gasteiger partial charge < -0.3 is 14.6 Å². The molecule has 150 valence electrons. The summed E-state index contributed by atoms with van der Waals surface area (Å²) in [4.78, 5) is 24.8. The maximum Gasteiger partial charge on any atom is 0.360 e. The van der Waals surface area contributed by atoms with Crippen LogP contribution in [0.3, 0.4) is 0 Å². The molecule has 2 heterocycles. The van der Waals surface area contributed by atoms with Crippen LogP contribution in [0.1, 0.15) is 26.4 Å². The van der Waals surface area contributed by atoms with Gasteiger partial charge in [-0.3, -0.25) is 9.48 Å². The van der Waals surface area contributed by atoms with Gasteiger partial charge in [-0.05, 0) is 42.0 Å². The Morgan fingerprint density at radius 1 is 1.00 bits per heavy atom. The number of carbonyl (C=O) groups excluding carboxylic acids is 2. The average Bonchev–Trinajstić information content (AvgIpc) is 3.39. The number of hydrogen-bond acceptors (Lipinski definition) is 4. The van der Waals surface area contributed by atoms with E-state index in [0.717, 1.165) is 5.56 Å². The van der Waals surface area contributed by atoms with Crippen molar-refractivity contribution in [1.82, 2.24) is 14.3 Å². The molecular formula is C23H20N4O3. The first-order valence-corrected chi connectivity index (χ1v) is 9.40. The summed E-state index contributed by atoms with van der Waals surface area (Å²) in [5.74, 6) is -0.304. The first-order chi connectivity index (χ1) is 14.6. The van der Waals surface area contributed by atoms with E-state index in [1.54, 1.807) is 48.3 Å². The highest BCUT2D eigenvalue weighted by Gasteiger charge is 2.14. The van der Waals surface area contributed by atoms with Crippen molar-refractivity contribution >= 4 is 17.6 Å². The van der Waals surface area contributed by atoms with Crippen LogP contribution in [0.15, 0.2) is 85.3 Å². The molecule has 0 radical (unpaired) electrons. The molecule has 0 saturated carbocycles. The van der Waals surface area contributed by atoms with Gasteiger partial charge in [0.15, 0.2) is 0 Å². The molecule has 7 heteroatoms.